The van der Waals surface area contributed by atoms with Gasteiger partial charge in [0.25, 0.3) is 0 Å². The Morgan fingerprint density at radius 1 is 0.327 bits per heavy atom. The average molecular weight is 663 g/mol. The van der Waals surface area contributed by atoms with Crippen molar-refractivity contribution in [3.63, 3.8) is 0 Å². The molecule has 0 unspecified atom stereocenters. The Balaban J connectivity index is 1.13. The fourth-order valence-electron chi connectivity index (χ4n) is 7.53. The summed E-state index contributed by atoms with van der Waals surface area (Å²) in [5, 5.41) is 7.59. The molecule has 0 saturated carbocycles. The highest BCUT2D eigenvalue weighted by Crippen LogP contribution is 2.43. The van der Waals surface area contributed by atoms with Gasteiger partial charge in [-0.05, 0) is 96.5 Å². The molecular formula is C48H30N4. The van der Waals surface area contributed by atoms with Crippen molar-refractivity contribution in [3.8, 4) is 67.3 Å². The van der Waals surface area contributed by atoms with Crippen LogP contribution in [0.4, 0.5) is 0 Å². The van der Waals surface area contributed by atoms with E-state index in [1.54, 1.807) is 12.4 Å². The Hall–Kier alpha value is -7.04. The van der Waals surface area contributed by atoms with Crippen LogP contribution in [0.3, 0.4) is 0 Å². The smallest absolute Gasteiger partial charge is 0.160 e. The molecule has 3 heterocycles. The summed E-state index contributed by atoms with van der Waals surface area (Å²) in [7, 11) is 0. The van der Waals surface area contributed by atoms with E-state index >= 15 is 0 Å². The predicted octanol–water partition coefficient (Wildman–Crippen LogP) is 12.2. The summed E-state index contributed by atoms with van der Waals surface area (Å²) in [6.07, 6.45) is 7.32. The lowest BCUT2D eigenvalue weighted by atomic mass is 9.87. The van der Waals surface area contributed by atoms with E-state index in [1.807, 2.05) is 30.6 Å². The summed E-state index contributed by atoms with van der Waals surface area (Å²) in [5.41, 5.74) is 11.5. The number of nitrogens with zero attached hydrogens (tertiary/aromatic N) is 4. The molecule has 3 aromatic heterocycles. The molecule has 0 radical (unpaired) electrons. The van der Waals surface area contributed by atoms with E-state index in [2.05, 4.69) is 149 Å². The number of aromatic nitrogens is 4. The zero-order valence-corrected chi connectivity index (χ0v) is 28.1. The lowest BCUT2D eigenvalue weighted by molar-refractivity contribution is 1.18. The molecule has 10 rings (SSSR count). The van der Waals surface area contributed by atoms with Crippen LogP contribution >= 0.6 is 0 Å². The Bertz CT molecular complexity index is 2890. The van der Waals surface area contributed by atoms with Crippen molar-refractivity contribution in [1.29, 1.82) is 0 Å². The Morgan fingerprint density at radius 3 is 1.52 bits per heavy atom. The van der Waals surface area contributed by atoms with E-state index < -0.39 is 0 Å². The van der Waals surface area contributed by atoms with Crippen LogP contribution < -0.4 is 0 Å². The van der Waals surface area contributed by atoms with Crippen LogP contribution in [0.5, 0.6) is 0 Å². The maximum atomic E-state index is 5.19. The van der Waals surface area contributed by atoms with Crippen molar-refractivity contribution < 1.29 is 0 Å². The lowest BCUT2D eigenvalue weighted by Crippen LogP contribution is -1.97. The fourth-order valence-corrected chi connectivity index (χ4v) is 7.53. The third kappa shape index (κ3) is 5.17. The Labute approximate surface area is 301 Å². The van der Waals surface area contributed by atoms with Crippen LogP contribution in [-0.4, -0.2) is 19.9 Å². The minimum Gasteiger partial charge on any atom is -0.264 e. The molecular weight excluding hydrogens is 633 g/mol. The first-order chi connectivity index (χ1) is 25.8. The highest BCUT2D eigenvalue weighted by molar-refractivity contribution is 6.27. The topological polar surface area (TPSA) is 51.6 Å². The van der Waals surface area contributed by atoms with Gasteiger partial charge in [-0.3, -0.25) is 9.97 Å². The van der Waals surface area contributed by atoms with Gasteiger partial charge in [-0.2, -0.15) is 0 Å². The monoisotopic (exact) mass is 662 g/mol. The molecule has 10 aromatic rings. The second kappa shape index (κ2) is 12.4. The van der Waals surface area contributed by atoms with Crippen molar-refractivity contribution in [2.75, 3.05) is 0 Å². The molecule has 52 heavy (non-hydrogen) atoms. The predicted molar refractivity (Wildman–Crippen MR) is 214 cm³/mol. The van der Waals surface area contributed by atoms with Crippen molar-refractivity contribution >= 4 is 32.3 Å². The quantitative estimate of drug-likeness (QED) is 0.166. The molecule has 0 N–H and O–H groups in total. The first-order valence-electron chi connectivity index (χ1n) is 17.4. The van der Waals surface area contributed by atoms with Crippen LogP contribution in [0.2, 0.25) is 0 Å². The van der Waals surface area contributed by atoms with Gasteiger partial charge in [-0.15, -0.1) is 0 Å². The third-order valence-electron chi connectivity index (χ3n) is 10.0. The minimum atomic E-state index is 0.662. The van der Waals surface area contributed by atoms with Crippen molar-refractivity contribution in [2.24, 2.45) is 0 Å². The zero-order valence-electron chi connectivity index (χ0n) is 28.1. The Morgan fingerprint density at radius 2 is 0.846 bits per heavy atom. The second-order valence-corrected chi connectivity index (χ2v) is 13.1. The van der Waals surface area contributed by atoms with Gasteiger partial charge in [-0.1, -0.05) is 121 Å². The van der Waals surface area contributed by atoms with Crippen molar-refractivity contribution in [1.82, 2.24) is 19.9 Å². The summed E-state index contributed by atoms with van der Waals surface area (Å²) in [6.45, 7) is 0. The SMILES string of the molecule is c1ccc(-c2ccc3ccc4c(-c5cccc(-c6nc(-c7cccnc7)cc(-c7cccc(-c8cccnc8)c7)n6)c5)ccc5ccc2c3c54)cc1. The molecule has 0 aliphatic carbocycles. The van der Waals surface area contributed by atoms with Crippen molar-refractivity contribution in [2.45, 2.75) is 0 Å². The highest BCUT2D eigenvalue weighted by atomic mass is 14.9. The van der Waals surface area contributed by atoms with Gasteiger partial charge in [-0.25, -0.2) is 9.97 Å². The van der Waals surface area contributed by atoms with E-state index in [9.17, 15) is 0 Å². The van der Waals surface area contributed by atoms with Gasteiger partial charge < -0.3 is 0 Å². The largest absolute Gasteiger partial charge is 0.264 e. The summed E-state index contributed by atoms with van der Waals surface area (Å²) in [6, 6.07) is 55.9. The fraction of sp³-hybridized carbons (Fsp3) is 0. The molecule has 7 aromatic carbocycles. The molecule has 0 bridgehead atoms. The number of hydrogen-bond acceptors (Lipinski definition) is 4. The maximum absolute atomic E-state index is 5.19. The average Bonchev–Trinajstić information content (AvgIpc) is 3.23. The van der Waals surface area contributed by atoms with Gasteiger partial charge >= 0.3 is 0 Å². The van der Waals surface area contributed by atoms with Crippen LogP contribution in [0.25, 0.3) is 99.6 Å². The van der Waals surface area contributed by atoms with Crippen LogP contribution in [0.15, 0.2) is 183 Å². The number of pyridine rings is 2. The summed E-state index contributed by atoms with van der Waals surface area (Å²) in [4.78, 5) is 19.0. The van der Waals surface area contributed by atoms with Gasteiger partial charge in [0.15, 0.2) is 5.82 Å². The molecule has 0 saturated heterocycles. The van der Waals surface area contributed by atoms with E-state index in [0.717, 1.165) is 44.8 Å². The minimum absolute atomic E-state index is 0.662. The number of rotatable bonds is 6. The second-order valence-electron chi connectivity index (χ2n) is 13.1. The third-order valence-corrected chi connectivity index (χ3v) is 10.0. The lowest BCUT2D eigenvalue weighted by Gasteiger charge is -2.17. The van der Waals surface area contributed by atoms with Crippen LogP contribution in [0.1, 0.15) is 0 Å². The summed E-state index contributed by atoms with van der Waals surface area (Å²) < 4.78 is 0. The molecule has 0 aliphatic heterocycles. The standard InChI is InChI=1S/C48H30N4/c1-2-8-31(9-3-1)40-20-16-32-19-23-43-41(21-17-33-18-22-42(40)46(32)47(33)43)35-11-5-13-37(27-35)48-51-44(28-45(52-48)39-15-7-25-50-30-39)36-12-4-10-34(26-36)38-14-6-24-49-29-38/h1-30H. The number of benzene rings is 7. The zero-order chi connectivity index (χ0) is 34.4. The van der Waals surface area contributed by atoms with E-state index in [0.29, 0.717) is 5.82 Å². The van der Waals surface area contributed by atoms with Crippen LogP contribution in [0, 0.1) is 0 Å². The molecule has 0 fully saturated rings. The van der Waals surface area contributed by atoms with E-state index in [1.165, 1.54) is 49.0 Å². The first-order valence-corrected chi connectivity index (χ1v) is 17.4. The van der Waals surface area contributed by atoms with Gasteiger partial charge in [0.05, 0.1) is 11.4 Å². The summed E-state index contributed by atoms with van der Waals surface area (Å²) >= 11 is 0. The molecule has 242 valence electrons. The highest BCUT2D eigenvalue weighted by Gasteiger charge is 2.17. The van der Waals surface area contributed by atoms with Gasteiger partial charge in [0, 0.05) is 47.0 Å². The van der Waals surface area contributed by atoms with E-state index in [-0.39, 0.29) is 0 Å². The molecule has 4 nitrogen and oxygen atoms in total. The van der Waals surface area contributed by atoms with Gasteiger partial charge in [0.1, 0.15) is 0 Å². The van der Waals surface area contributed by atoms with Crippen molar-refractivity contribution in [3.05, 3.63) is 183 Å². The van der Waals surface area contributed by atoms with E-state index in [4.69, 9.17) is 9.97 Å². The first kappa shape index (κ1) is 29.8. The molecule has 0 amide bonds. The van der Waals surface area contributed by atoms with Crippen LogP contribution in [-0.2, 0) is 0 Å². The maximum Gasteiger partial charge on any atom is 0.160 e. The molecule has 4 heteroatoms. The number of hydrogen-bond donors (Lipinski definition) is 0. The molecule has 0 atom stereocenters. The summed E-state index contributed by atoms with van der Waals surface area (Å²) in [5.74, 6) is 0.662. The normalized spacial score (nSPS) is 11.5. The van der Waals surface area contributed by atoms with Gasteiger partial charge in [0.2, 0.25) is 0 Å². The molecule has 0 spiro atoms. The molecule has 0 aliphatic rings. The Kier molecular flexibility index (Phi) is 7.10.